The van der Waals surface area contributed by atoms with Crippen molar-refractivity contribution in [2.24, 2.45) is 0 Å². The number of halogens is 2. The van der Waals surface area contributed by atoms with E-state index in [1.807, 2.05) is 0 Å². The van der Waals surface area contributed by atoms with Crippen molar-refractivity contribution in [1.29, 1.82) is 0 Å². The predicted molar refractivity (Wildman–Crippen MR) is 79.7 cm³/mol. The van der Waals surface area contributed by atoms with E-state index in [0.717, 1.165) is 0 Å². The van der Waals surface area contributed by atoms with Gasteiger partial charge in [0.1, 0.15) is 17.2 Å². The van der Waals surface area contributed by atoms with E-state index in [9.17, 15) is 14.0 Å². The minimum atomic E-state index is -0.545. The van der Waals surface area contributed by atoms with Gasteiger partial charge in [-0.05, 0) is 41.1 Å². The number of hydrogen-bond donors (Lipinski definition) is 2. The summed E-state index contributed by atoms with van der Waals surface area (Å²) in [5.41, 5.74) is -0.133. The van der Waals surface area contributed by atoms with Gasteiger partial charge < -0.3 is 4.98 Å². The van der Waals surface area contributed by atoms with Gasteiger partial charge >= 0.3 is 5.69 Å². The molecule has 2 N–H and O–H groups in total. The molecule has 2 heterocycles. The van der Waals surface area contributed by atoms with Crippen molar-refractivity contribution < 1.29 is 4.39 Å². The van der Waals surface area contributed by atoms with Gasteiger partial charge in [0.15, 0.2) is 5.65 Å². The fourth-order valence-corrected chi connectivity index (χ4v) is 2.36. The van der Waals surface area contributed by atoms with Crippen LogP contribution in [0.4, 0.5) is 4.39 Å². The normalized spacial score (nSPS) is 11.2. The first kappa shape index (κ1) is 13.7. The Morgan fingerprint density at radius 1 is 1.33 bits per heavy atom. The van der Waals surface area contributed by atoms with Crippen LogP contribution in [-0.4, -0.2) is 19.5 Å². The summed E-state index contributed by atoms with van der Waals surface area (Å²) in [5, 5.41) is 0. The lowest BCUT2D eigenvalue weighted by Crippen LogP contribution is -2.29. The van der Waals surface area contributed by atoms with E-state index in [1.165, 1.54) is 10.6 Å². The molecule has 8 heteroatoms. The average molecular weight is 353 g/mol. The lowest BCUT2D eigenvalue weighted by Gasteiger charge is -2.00. The van der Waals surface area contributed by atoms with Crippen LogP contribution in [0.25, 0.3) is 22.6 Å². The summed E-state index contributed by atoms with van der Waals surface area (Å²) in [6, 6.07) is 4.51. The Morgan fingerprint density at radius 3 is 2.76 bits per heavy atom. The molecule has 0 atom stereocenters. The highest BCUT2D eigenvalue weighted by molar-refractivity contribution is 9.10. The van der Waals surface area contributed by atoms with Gasteiger partial charge in [-0.1, -0.05) is 0 Å². The van der Waals surface area contributed by atoms with Gasteiger partial charge in [-0.25, -0.2) is 14.2 Å². The number of aromatic amines is 2. The van der Waals surface area contributed by atoms with E-state index in [2.05, 4.69) is 30.9 Å². The van der Waals surface area contributed by atoms with Crippen molar-refractivity contribution in [2.45, 2.75) is 13.5 Å². The van der Waals surface area contributed by atoms with E-state index < -0.39 is 17.1 Å². The van der Waals surface area contributed by atoms with Crippen molar-refractivity contribution in [3.8, 4) is 11.4 Å². The zero-order valence-corrected chi connectivity index (χ0v) is 12.5. The molecule has 0 radical (unpaired) electrons. The van der Waals surface area contributed by atoms with Gasteiger partial charge in [-0.3, -0.25) is 14.3 Å². The van der Waals surface area contributed by atoms with Gasteiger partial charge in [-0.2, -0.15) is 0 Å². The Hall–Kier alpha value is -2.22. The standard InChI is InChI=1S/C13H10BrFN4O2/c1-2-19-11-9(12(20)18-13(19)21)16-10(17-11)6-3-4-7(14)8(15)5-6/h3-5H,2H2,1H3,(H,16,17)(H,18,20,21). The van der Waals surface area contributed by atoms with E-state index in [1.54, 1.807) is 19.1 Å². The van der Waals surface area contributed by atoms with Crippen LogP contribution in [0.1, 0.15) is 6.92 Å². The number of benzene rings is 1. The Labute approximate surface area is 125 Å². The largest absolute Gasteiger partial charge is 0.332 e. The number of hydrogen-bond acceptors (Lipinski definition) is 3. The highest BCUT2D eigenvalue weighted by atomic mass is 79.9. The molecule has 3 aromatic rings. The average Bonchev–Trinajstić information content (AvgIpc) is 2.87. The molecule has 0 fully saturated rings. The number of fused-ring (bicyclic) bond motifs is 1. The zero-order valence-electron chi connectivity index (χ0n) is 10.9. The maximum Gasteiger partial charge on any atom is 0.330 e. The number of aryl methyl sites for hydroxylation is 1. The molecule has 3 rings (SSSR count). The second-order valence-electron chi connectivity index (χ2n) is 4.42. The SMILES string of the molecule is CCn1c(=O)[nH]c(=O)c2[nH]c(-c3ccc(Br)c(F)c3)nc21. The molecule has 0 aliphatic heterocycles. The maximum absolute atomic E-state index is 13.6. The number of nitrogens with zero attached hydrogens (tertiary/aromatic N) is 2. The van der Waals surface area contributed by atoms with E-state index in [-0.39, 0.29) is 11.2 Å². The predicted octanol–water partition coefficient (Wildman–Crippen LogP) is 2.00. The monoisotopic (exact) mass is 352 g/mol. The molecule has 0 saturated carbocycles. The molecule has 1 aromatic carbocycles. The van der Waals surface area contributed by atoms with Crippen LogP contribution >= 0.6 is 15.9 Å². The van der Waals surface area contributed by atoms with Gasteiger partial charge in [0, 0.05) is 12.1 Å². The quantitative estimate of drug-likeness (QED) is 0.739. The number of aromatic nitrogens is 4. The van der Waals surface area contributed by atoms with E-state index >= 15 is 0 Å². The van der Waals surface area contributed by atoms with Crippen LogP contribution < -0.4 is 11.2 Å². The Bertz CT molecular complexity index is 957. The minimum Gasteiger partial charge on any atom is -0.332 e. The zero-order chi connectivity index (χ0) is 15.1. The van der Waals surface area contributed by atoms with Gasteiger partial charge in [0.2, 0.25) is 0 Å². The summed E-state index contributed by atoms with van der Waals surface area (Å²) < 4.78 is 15.3. The molecule has 0 unspecified atom stereocenters. The van der Waals surface area contributed by atoms with Crippen LogP contribution in [0.5, 0.6) is 0 Å². The van der Waals surface area contributed by atoms with E-state index in [0.29, 0.717) is 22.4 Å². The van der Waals surface area contributed by atoms with Gasteiger partial charge in [0.25, 0.3) is 5.56 Å². The van der Waals surface area contributed by atoms with Gasteiger partial charge in [-0.15, -0.1) is 0 Å². The summed E-state index contributed by atoms with van der Waals surface area (Å²) in [6.07, 6.45) is 0. The third-order valence-corrected chi connectivity index (χ3v) is 3.79. The molecular formula is C13H10BrFN4O2. The van der Waals surface area contributed by atoms with Crippen LogP contribution in [0.2, 0.25) is 0 Å². The van der Waals surface area contributed by atoms with Crippen molar-refractivity contribution in [3.63, 3.8) is 0 Å². The summed E-state index contributed by atoms with van der Waals surface area (Å²) in [7, 11) is 0. The lowest BCUT2D eigenvalue weighted by atomic mass is 10.2. The molecular weight excluding hydrogens is 343 g/mol. The van der Waals surface area contributed by atoms with Crippen molar-refractivity contribution in [1.82, 2.24) is 19.5 Å². The van der Waals surface area contributed by atoms with Crippen molar-refractivity contribution >= 4 is 27.1 Å². The minimum absolute atomic E-state index is 0.190. The second-order valence-corrected chi connectivity index (χ2v) is 5.27. The van der Waals surface area contributed by atoms with Crippen molar-refractivity contribution in [3.05, 3.63) is 49.3 Å². The Balaban J connectivity index is 2.30. The second kappa shape index (κ2) is 4.96. The third-order valence-electron chi connectivity index (χ3n) is 3.14. The number of H-pyrrole nitrogens is 2. The first-order valence-electron chi connectivity index (χ1n) is 6.19. The van der Waals surface area contributed by atoms with Crippen LogP contribution in [0, 0.1) is 5.82 Å². The first-order valence-corrected chi connectivity index (χ1v) is 6.99. The molecule has 6 nitrogen and oxygen atoms in total. The highest BCUT2D eigenvalue weighted by Crippen LogP contribution is 2.23. The molecule has 0 saturated heterocycles. The molecule has 2 aromatic heterocycles. The lowest BCUT2D eigenvalue weighted by molar-refractivity contribution is 0.621. The number of imidazole rings is 1. The summed E-state index contributed by atoms with van der Waals surface area (Å²) in [4.78, 5) is 32.8. The van der Waals surface area contributed by atoms with E-state index in [4.69, 9.17) is 0 Å². The van der Waals surface area contributed by atoms with Crippen LogP contribution in [-0.2, 0) is 6.54 Å². The first-order chi connectivity index (χ1) is 10.0. The third kappa shape index (κ3) is 2.21. The van der Waals surface area contributed by atoms with Gasteiger partial charge in [0.05, 0.1) is 4.47 Å². The van der Waals surface area contributed by atoms with Crippen LogP contribution in [0.3, 0.4) is 0 Å². The Morgan fingerprint density at radius 2 is 2.10 bits per heavy atom. The summed E-state index contributed by atoms with van der Waals surface area (Å²) in [5.74, 6) is -0.107. The molecule has 0 aliphatic carbocycles. The molecule has 0 bridgehead atoms. The number of rotatable bonds is 2. The molecule has 108 valence electrons. The fourth-order valence-electron chi connectivity index (χ4n) is 2.11. The molecule has 0 amide bonds. The van der Waals surface area contributed by atoms with Crippen molar-refractivity contribution in [2.75, 3.05) is 0 Å². The Kier molecular flexibility index (Phi) is 3.25. The maximum atomic E-state index is 13.6. The molecule has 0 aliphatic rings. The smallest absolute Gasteiger partial charge is 0.330 e. The molecule has 21 heavy (non-hydrogen) atoms. The molecule has 0 spiro atoms. The fraction of sp³-hybridized carbons (Fsp3) is 0.154. The van der Waals surface area contributed by atoms with Crippen LogP contribution in [0.15, 0.2) is 32.3 Å². The topological polar surface area (TPSA) is 83.5 Å². The summed E-state index contributed by atoms with van der Waals surface area (Å²) in [6.45, 7) is 2.14. The summed E-state index contributed by atoms with van der Waals surface area (Å²) >= 11 is 3.07. The number of nitrogens with one attached hydrogen (secondary N) is 2. The highest BCUT2D eigenvalue weighted by Gasteiger charge is 2.13.